The highest BCUT2D eigenvalue weighted by Crippen LogP contribution is 2.24. The molecule has 21 heavy (non-hydrogen) atoms. The first kappa shape index (κ1) is 14.9. The van der Waals surface area contributed by atoms with Crippen molar-refractivity contribution >= 4 is 5.78 Å². The predicted molar refractivity (Wildman–Crippen MR) is 82.1 cm³/mol. The van der Waals surface area contributed by atoms with E-state index in [1.165, 1.54) is 0 Å². The van der Waals surface area contributed by atoms with Crippen LogP contribution in [-0.4, -0.2) is 10.8 Å². The van der Waals surface area contributed by atoms with E-state index in [4.69, 9.17) is 0 Å². The lowest BCUT2D eigenvalue weighted by Crippen LogP contribution is -2.14. The van der Waals surface area contributed by atoms with Crippen LogP contribution in [0.25, 0.3) is 0 Å². The summed E-state index contributed by atoms with van der Waals surface area (Å²) in [5.41, 5.74) is 2.45. The van der Waals surface area contributed by atoms with Crippen molar-refractivity contribution in [2.75, 3.05) is 0 Å². The van der Waals surface area contributed by atoms with Crippen molar-refractivity contribution in [3.8, 4) is 6.07 Å². The number of nitriles is 1. The van der Waals surface area contributed by atoms with Crippen molar-refractivity contribution in [1.29, 1.82) is 5.26 Å². The summed E-state index contributed by atoms with van der Waals surface area (Å²) in [6.45, 7) is 6.37. The van der Waals surface area contributed by atoms with Gasteiger partial charge in [-0.1, -0.05) is 45.0 Å². The monoisotopic (exact) mass is 278 g/mol. The Balaban J connectivity index is 2.29. The molecule has 0 saturated heterocycles. The minimum Gasteiger partial charge on any atom is -0.292 e. The van der Waals surface area contributed by atoms with Crippen LogP contribution in [-0.2, 0) is 5.41 Å². The average Bonchev–Trinajstić information content (AvgIpc) is 2.48. The van der Waals surface area contributed by atoms with Gasteiger partial charge in [0.2, 0.25) is 0 Å². The molecule has 0 saturated carbocycles. The lowest BCUT2D eigenvalue weighted by atomic mass is 9.85. The second-order valence-electron chi connectivity index (χ2n) is 6.03. The predicted octanol–water partition coefficient (Wildman–Crippen LogP) is 3.87. The number of aromatic nitrogens is 1. The molecule has 0 aliphatic rings. The smallest absolute Gasteiger partial charge is 0.184 e. The summed E-state index contributed by atoms with van der Waals surface area (Å²) in [6, 6.07) is 13.0. The summed E-state index contributed by atoms with van der Waals surface area (Å²) in [4.78, 5) is 16.4. The van der Waals surface area contributed by atoms with E-state index in [0.29, 0.717) is 11.1 Å². The standard InChI is InChI=1S/C18H18N2O/c1-18(2,3)15-6-4-14(5-7-15)17(21)16(12-19)13-8-10-20-11-9-13/h4-11,16H,1-3H3. The largest absolute Gasteiger partial charge is 0.292 e. The minimum atomic E-state index is -0.784. The molecule has 1 aromatic heterocycles. The number of ketones is 1. The highest BCUT2D eigenvalue weighted by Gasteiger charge is 2.22. The Morgan fingerprint density at radius 2 is 1.67 bits per heavy atom. The molecule has 2 aromatic rings. The maximum absolute atomic E-state index is 12.5. The zero-order valence-corrected chi connectivity index (χ0v) is 12.5. The Morgan fingerprint density at radius 1 is 1.10 bits per heavy atom. The first-order valence-electron chi connectivity index (χ1n) is 6.88. The zero-order valence-electron chi connectivity index (χ0n) is 12.5. The molecule has 0 N–H and O–H groups in total. The Bertz CT molecular complexity index is 661. The third-order valence-electron chi connectivity index (χ3n) is 3.47. The van der Waals surface area contributed by atoms with Crippen LogP contribution in [0.15, 0.2) is 48.8 Å². The molecule has 2 rings (SSSR count). The van der Waals surface area contributed by atoms with Gasteiger partial charge in [0.05, 0.1) is 6.07 Å². The first-order chi connectivity index (χ1) is 9.93. The van der Waals surface area contributed by atoms with Crippen LogP contribution in [0.2, 0.25) is 0 Å². The number of benzene rings is 1. The van der Waals surface area contributed by atoms with E-state index < -0.39 is 5.92 Å². The van der Waals surface area contributed by atoms with Crippen LogP contribution in [0.4, 0.5) is 0 Å². The van der Waals surface area contributed by atoms with Gasteiger partial charge in [0.1, 0.15) is 5.92 Å². The van der Waals surface area contributed by atoms with E-state index in [1.54, 1.807) is 36.7 Å². The summed E-state index contributed by atoms with van der Waals surface area (Å²) >= 11 is 0. The van der Waals surface area contributed by atoms with Gasteiger partial charge in [-0.2, -0.15) is 5.26 Å². The topological polar surface area (TPSA) is 53.8 Å². The molecule has 0 spiro atoms. The van der Waals surface area contributed by atoms with Gasteiger partial charge in [-0.25, -0.2) is 0 Å². The SMILES string of the molecule is CC(C)(C)c1ccc(C(=O)C(C#N)c2ccncc2)cc1. The lowest BCUT2D eigenvalue weighted by molar-refractivity contribution is 0.0979. The third-order valence-corrected chi connectivity index (χ3v) is 3.47. The van der Waals surface area contributed by atoms with Crippen LogP contribution >= 0.6 is 0 Å². The molecule has 0 bridgehead atoms. The fourth-order valence-corrected chi connectivity index (χ4v) is 2.14. The van der Waals surface area contributed by atoms with Gasteiger partial charge in [0.15, 0.2) is 5.78 Å². The zero-order chi connectivity index (χ0) is 15.5. The molecule has 0 aliphatic heterocycles. The fraction of sp³-hybridized carbons (Fsp3) is 0.278. The Kier molecular flexibility index (Phi) is 4.18. The van der Waals surface area contributed by atoms with Gasteiger partial charge in [0, 0.05) is 18.0 Å². The molecule has 3 nitrogen and oxygen atoms in total. The maximum atomic E-state index is 12.5. The van der Waals surface area contributed by atoms with E-state index in [-0.39, 0.29) is 11.2 Å². The van der Waals surface area contributed by atoms with Crippen molar-refractivity contribution in [3.63, 3.8) is 0 Å². The normalized spacial score (nSPS) is 12.5. The van der Waals surface area contributed by atoms with E-state index in [0.717, 1.165) is 5.56 Å². The molecule has 1 aromatic carbocycles. The van der Waals surface area contributed by atoms with Gasteiger partial charge < -0.3 is 0 Å². The number of carbonyl (C=O) groups excluding carboxylic acids is 1. The summed E-state index contributed by atoms with van der Waals surface area (Å²) in [5, 5.41) is 9.30. The number of Topliss-reactive ketones (excluding diaryl/α,β-unsaturated/α-hetero) is 1. The van der Waals surface area contributed by atoms with E-state index >= 15 is 0 Å². The van der Waals surface area contributed by atoms with Crippen molar-refractivity contribution in [3.05, 3.63) is 65.5 Å². The maximum Gasteiger partial charge on any atom is 0.184 e. The molecule has 106 valence electrons. The van der Waals surface area contributed by atoms with Crippen LogP contribution in [0, 0.1) is 11.3 Å². The van der Waals surface area contributed by atoms with Gasteiger partial charge >= 0.3 is 0 Å². The minimum absolute atomic E-state index is 0.0430. The second kappa shape index (κ2) is 5.88. The quantitative estimate of drug-likeness (QED) is 0.801. The third kappa shape index (κ3) is 3.35. The van der Waals surface area contributed by atoms with Gasteiger partial charge in [0.25, 0.3) is 0 Å². The van der Waals surface area contributed by atoms with Gasteiger partial charge in [-0.15, -0.1) is 0 Å². The molecule has 1 unspecified atom stereocenters. The first-order valence-corrected chi connectivity index (χ1v) is 6.88. The highest BCUT2D eigenvalue weighted by atomic mass is 16.1. The van der Waals surface area contributed by atoms with Crippen molar-refractivity contribution in [1.82, 2.24) is 4.98 Å². The summed E-state index contributed by atoms with van der Waals surface area (Å²) in [6.07, 6.45) is 3.19. The molecule has 0 amide bonds. The number of rotatable bonds is 3. The van der Waals surface area contributed by atoms with Crippen LogP contribution < -0.4 is 0 Å². The number of hydrogen-bond donors (Lipinski definition) is 0. The van der Waals surface area contributed by atoms with Gasteiger partial charge in [-0.3, -0.25) is 9.78 Å². The average molecular weight is 278 g/mol. The summed E-state index contributed by atoms with van der Waals surface area (Å²) in [7, 11) is 0. The van der Waals surface area contributed by atoms with Crippen molar-refractivity contribution in [2.24, 2.45) is 0 Å². The number of pyridine rings is 1. The number of nitrogens with zero attached hydrogens (tertiary/aromatic N) is 2. The molecule has 0 fully saturated rings. The van der Waals surface area contributed by atoms with Crippen molar-refractivity contribution < 1.29 is 4.79 Å². The van der Waals surface area contributed by atoms with Crippen LogP contribution in [0.5, 0.6) is 0 Å². The van der Waals surface area contributed by atoms with Crippen molar-refractivity contribution in [2.45, 2.75) is 32.1 Å². The molecular weight excluding hydrogens is 260 g/mol. The molecule has 1 heterocycles. The number of carbonyl (C=O) groups is 1. The Hall–Kier alpha value is -2.47. The Morgan fingerprint density at radius 3 is 2.14 bits per heavy atom. The molecule has 0 aliphatic carbocycles. The fourth-order valence-electron chi connectivity index (χ4n) is 2.14. The second-order valence-corrected chi connectivity index (χ2v) is 6.03. The van der Waals surface area contributed by atoms with E-state index in [2.05, 4.69) is 31.8 Å². The summed E-state index contributed by atoms with van der Waals surface area (Å²) < 4.78 is 0. The van der Waals surface area contributed by atoms with Gasteiger partial charge in [-0.05, 0) is 28.7 Å². The molecule has 0 radical (unpaired) electrons. The van der Waals surface area contributed by atoms with Crippen LogP contribution in [0.1, 0.15) is 48.2 Å². The molecule has 1 atom stereocenters. The molecule has 3 heteroatoms. The highest BCUT2D eigenvalue weighted by molar-refractivity contribution is 6.02. The summed E-state index contributed by atoms with van der Waals surface area (Å²) in [5.74, 6) is -0.961. The van der Waals surface area contributed by atoms with Crippen LogP contribution in [0.3, 0.4) is 0 Å². The Labute approximate surface area is 125 Å². The van der Waals surface area contributed by atoms with E-state index in [1.807, 2.05) is 12.1 Å². The number of hydrogen-bond acceptors (Lipinski definition) is 3. The van der Waals surface area contributed by atoms with E-state index in [9.17, 15) is 10.1 Å². The lowest BCUT2D eigenvalue weighted by Gasteiger charge is -2.19. The molecular formula is C18H18N2O.